The minimum atomic E-state index is -0.445. The number of benzene rings is 3. The summed E-state index contributed by atoms with van der Waals surface area (Å²) in [4.78, 5) is 28.7. The molecule has 2 aliphatic rings. The first-order valence-corrected chi connectivity index (χ1v) is 17.4. The van der Waals surface area contributed by atoms with Gasteiger partial charge in [0.05, 0.1) is 57.4 Å². The molecule has 0 saturated carbocycles. The van der Waals surface area contributed by atoms with Crippen molar-refractivity contribution in [3.63, 3.8) is 0 Å². The van der Waals surface area contributed by atoms with Gasteiger partial charge in [0.15, 0.2) is 0 Å². The van der Waals surface area contributed by atoms with Crippen molar-refractivity contribution in [2.75, 3.05) is 78.3 Å². The van der Waals surface area contributed by atoms with E-state index in [-0.39, 0.29) is 25.6 Å². The van der Waals surface area contributed by atoms with Gasteiger partial charge in [0.1, 0.15) is 31.0 Å². The Hall–Kier alpha value is -4.16. The summed E-state index contributed by atoms with van der Waals surface area (Å²) in [5, 5.41) is 0. The minimum absolute atomic E-state index is 0.158. The summed E-state index contributed by atoms with van der Waals surface area (Å²) >= 11 is 0. The summed E-state index contributed by atoms with van der Waals surface area (Å²) < 4.78 is 41.1. The number of likely N-dealkylation sites (tertiary alicyclic amines) is 1. The van der Waals surface area contributed by atoms with Crippen LogP contribution in [0.15, 0.2) is 72.8 Å². The summed E-state index contributed by atoms with van der Waals surface area (Å²) in [5.74, 6) is 1.39. The highest BCUT2D eigenvalue weighted by atomic mass is 16.6. The zero-order chi connectivity index (χ0) is 35.0. The first-order valence-electron chi connectivity index (χ1n) is 17.4. The van der Waals surface area contributed by atoms with Crippen LogP contribution in [0.1, 0.15) is 41.9 Å². The predicted octanol–water partition coefficient (Wildman–Crippen LogP) is 5.63. The zero-order valence-corrected chi connectivity index (χ0v) is 29.2. The fraction of sp³-hybridized carbons (Fsp3) is 0.487. The predicted molar refractivity (Wildman–Crippen MR) is 189 cm³/mol. The Bertz CT molecular complexity index is 1460. The van der Waals surface area contributed by atoms with E-state index in [2.05, 4.69) is 11.0 Å². The van der Waals surface area contributed by atoms with Crippen LogP contribution in [0.25, 0.3) is 0 Å². The number of nitrogens with zero attached hydrogens (tertiary/aromatic N) is 2. The lowest BCUT2D eigenvalue weighted by molar-refractivity contribution is -0.112. The quantitative estimate of drug-likeness (QED) is 0.116. The number of ether oxygens (including phenoxy) is 7. The number of anilines is 1. The van der Waals surface area contributed by atoms with Crippen molar-refractivity contribution >= 4 is 18.1 Å². The van der Waals surface area contributed by atoms with Crippen molar-refractivity contribution in [3.8, 4) is 11.5 Å². The van der Waals surface area contributed by atoms with Crippen molar-refractivity contribution in [1.82, 2.24) is 4.90 Å². The number of carbonyl (C=O) groups excluding carboxylic acids is 2. The smallest absolute Gasteiger partial charge is 0.410 e. The Morgan fingerprint density at radius 3 is 2.36 bits per heavy atom. The molecule has 2 heterocycles. The first kappa shape index (κ1) is 37.1. The van der Waals surface area contributed by atoms with Crippen molar-refractivity contribution in [3.05, 3.63) is 89.5 Å². The van der Waals surface area contributed by atoms with E-state index in [1.54, 1.807) is 19.1 Å². The van der Waals surface area contributed by atoms with Crippen LogP contribution in [-0.2, 0) is 41.7 Å². The molecule has 1 fully saturated rings. The molecule has 50 heavy (non-hydrogen) atoms. The molecule has 11 heteroatoms. The number of methoxy groups -OCH3 is 2. The van der Waals surface area contributed by atoms with E-state index in [0.717, 1.165) is 66.1 Å². The molecular weight excluding hydrogens is 640 g/mol. The monoisotopic (exact) mass is 690 g/mol. The van der Waals surface area contributed by atoms with Gasteiger partial charge in [0, 0.05) is 52.7 Å². The molecule has 3 atom stereocenters. The molecule has 0 aromatic heterocycles. The van der Waals surface area contributed by atoms with Gasteiger partial charge in [-0.3, -0.25) is 0 Å². The fourth-order valence-electron chi connectivity index (χ4n) is 6.37. The van der Waals surface area contributed by atoms with E-state index >= 15 is 0 Å². The van der Waals surface area contributed by atoms with Crippen LogP contribution < -0.4 is 14.4 Å². The molecule has 2 aliphatic heterocycles. The summed E-state index contributed by atoms with van der Waals surface area (Å²) in [6.45, 7) is 5.48. The van der Waals surface area contributed by atoms with Gasteiger partial charge in [-0.1, -0.05) is 48.5 Å². The summed E-state index contributed by atoms with van der Waals surface area (Å²) in [7, 11) is 3.39. The third-order valence-electron chi connectivity index (χ3n) is 8.88. The lowest BCUT2D eigenvalue weighted by Crippen LogP contribution is -2.54. The van der Waals surface area contributed by atoms with Gasteiger partial charge < -0.3 is 47.8 Å². The molecule has 0 aliphatic carbocycles. The summed E-state index contributed by atoms with van der Waals surface area (Å²) in [6.07, 6.45) is 1.47. The highest BCUT2D eigenvalue weighted by molar-refractivity contribution is 5.68. The Morgan fingerprint density at radius 2 is 1.60 bits per heavy atom. The number of hydrogen-bond acceptors (Lipinski definition) is 10. The molecule has 0 bridgehead atoms. The lowest BCUT2D eigenvalue weighted by atomic mass is 9.84. The standard InChI is InChI=1S/C39H50N2O9/c1-44-20-6-17-40-18-24-48-35-16-11-31(25-34(35)40)29-49-37-27-41(39(43)50-28-30-9-4-3-5-10-30)26-36(47-22-7-19-42)38(37)32-12-14-33(15-13-32)46-23-8-21-45-2/h3-5,9-16,19,25,36-38H,6-8,17-18,20-24,26-29H2,1-2H3/t36-,37+,38+/m1/s1. The summed E-state index contributed by atoms with van der Waals surface area (Å²) in [6, 6.07) is 23.7. The Kier molecular flexibility index (Phi) is 14.8. The maximum atomic E-state index is 13.5. The molecule has 270 valence electrons. The van der Waals surface area contributed by atoms with Crippen LogP contribution in [0.4, 0.5) is 10.5 Å². The number of fused-ring (bicyclic) bond motifs is 1. The second-order valence-corrected chi connectivity index (χ2v) is 12.4. The number of aldehydes is 1. The Balaban J connectivity index is 1.37. The van der Waals surface area contributed by atoms with Crippen molar-refractivity contribution in [2.24, 2.45) is 0 Å². The maximum absolute atomic E-state index is 13.5. The van der Waals surface area contributed by atoms with Gasteiger partial charge in [-0.05, 0) is 47.4 Å². The normalized spacial score (nSPS) is 18.6. The molecule has 0 radical (unpaired) electrons. The minimum Gasteiger partial charge on any atom is -0.494 e. The van der Waals surface area contributed by atoms with Gasteiger partial charge >= 0.3 is 6.09 Å². The Morgan fingerprint density at radius 1 is 0.840 bits per heavy atom. The van der Waals surface area contributed by atoms with E-state index < -0.39 is 18.3 Å². The highest BCUT2D eigenvalue weighted by Crippen LogP contribution is 2.36. The molecule has 0 N–H and O–H groups in total. The molecule has 0 spiro atoms. The molecule has 3 aromatic carbocycles. The summed E-state index contributed by atoms with van der Waals surface area (Å²) in [5.41, 5.74) is 3.93. The van der Waals surface area contributed by atoms with Crippen molar-refractivity contribution < 1.29 is 42.7 Å². The average molecular weight is 691 g/mol. The number of carbonyl (C=O) groups is 2. The number of rotatable bonds is 19. The van der Waals surface area contributed by atoms with Gasteiger partial charge in [-0.2, -0.15) is 0 Å². The van der Waals surface area contributed by atoms with Crippen LogP contribution in [0, 0.1) is 0 Å². The van der Waals surface area contributed by atoms with Gasteiger partial charge in [-0.25, -0.2) is 4.79 Å². The van der Waals surface area contributed by atoms with Crippen LogP contribution >= 0.6 is 0 Å². The van der Waals surface area contributed by atoms with Crippen molar-refractivity contribution in [2.45, 2.75) is 50.6 Å². The van der Waals surface area contributed by atoms with E-state index in [9.17, 15) is 9.59 Å². The van der Waals surface area contributed by atoms with Crippen LogP contribution in [0.5, 0.6) is 11.5 Å². The number of hydrogen-bond donors (Lipinski definition) is 0. The third-order valence-corrected chi connectivity index (χ3v) is 8.88. The Labute approximate surface area is 295 Å². The fourth-order valence-corrected chi connectivity index (χ4v) is 6.37. The third kappa shape index (κ3) is 10.7. The molecule has 5 rings (SSSR count). The molecule has 11 nitrogen and oxygen atoms in total. The van der Waals surface area contributed by atoms with Gasteiger partial charge in [-0.15, -0.1) is 0 Å². The lowest BCUT2D eigenvalue weighted by Gasteiger charge is -2.43. The molecule has 1 saturated heterocycles. The van der Waals surface area contributed by atoms with Crippen LogP contribution in [0.3, 0.4) is 0 Å². The molecule has 0 unspecified atom stereocenters. The van der Waals surface area contributed by atoms with Crippen molar-refractivity contribution in [1.29, 1.82) is 0 Å². The second kappa shape index (κ2) is 19.9. The zero-order valence-electron chi connectivity index (χ0n) is 29.2. The van der Waals surface area contributed by atoms with Crippen LogP contribution in [-0.4, -0.2) is 103 Å². The molecule has 3 aromatic rings. The first-order chi connectivity index (χ1) is 24.6. The van der Waals surface area contributed by atoms with E-state index in [1.165, 1.54) is 0 Å². The molecular formula is C39H50N2O9. The van der Waals surface area contributed by atoms with E-state index in [1.807, 2.05) is 66.7 Å². The van der Waals surface area contributed by atoms with E-state index in [4.69, 9.17) is 33.2 Å². The van der Waals surface area contributed by atoms with Crippen LogP contribution in [0.2, 0.25) is 0 Å². The average Bonchev–Trinajstić information content (AvgIpc) is 3.15. The second-order valence-electron chi connectivity index (χ2n) is 12.4. The highest BCUT2D eigenvalue weighted by Gasteiger charge is 2.41. The van der Waals surface area contributed by atoms with E-state index in [0.29, 0.717) is 46.1 Å². The number of piperidine rings is 1. The van der Waals surface area contributed by atoms with Gasteiger partial charge in [0.2, 0.25) is 0 Å². The topological polar surface area (TPSA) is 105 Å². The van der Waals surface area contributed by atoms with Gasteiger partial charge in [0.25, 0.3) is 0 Å². The maximum Gasteiger partial charge on any atom is 0.410 e. The SMILES string of the molecule is COCCCOc1ccc([C@@H]2[C@@H](OCc3ccc4c(c3)N(CCCOC)CCO4)CN(C(=O)OCc3ccccc3)C[C@H]2OCCC=O)cc1. The largest absolute Gasteiger partial charge is 0.494 e. The number of amides is 1. The molecule has 1 amide bonds.